The van der Waals surface area contributed by atoms with Gasteiger partial charge < -0.3 is 10.1 Å². The van der Waals surface area contributed by atoms with Crippen LogP contribution in [0.5, 0.6) is 5.75 Å². The molecule has 0 unspecified atom stereocenters. The molecule has 0 radical (unpaired) electrons. The summed E-state index contributed by atoms with van der Waals surface area (Å²) in [6.45, 7) is 5.57. The van der Waals surface area contributed by atoms with Crippen molar-refractivity contribution >= 4 is 29.2 Å². The zero-order valence-corrected chi connectivity index (χ0v) is 18.0. The topological polar surface area (TPSA) is 96.9 Å². The fourth-order valence-corrected chi connectivity index (χ4v) is 2.76. The van der Waals surface area contributed by atoms with Gasteiger partial charge in [0.05, 0.1) is 11.3 Å². The van der Waals surface area contributed by atoms with E-state index in [1.807, 2.05) is 26.0 Å². The molecule has 0 heterocycles. The predicted molar refractivity (Wildman–Crippen MR) is 123 cm³/mol. The molecule has 3 rings (SSSR count). The summed E-state index contributed by atoms with van der Waals surface area (Å²) in [6.07, 6.45) is 0. The Kier molecular flexibility index (Phi) is 7.13. The Balaban J connectivity index is 1.56. The van der Waals surface area contributed by atoms with E-state index in [0.717, 1.165) is 11.1 Å². The molecule has 3 aromatic carbocycles. The summed E-state index contributed by atoms with van der Waals surface area (Å²) in [5, 5.41) is 6.52. The second kappa shape index (κ2) is 10.2. The smallest absolute Gasteiger partial charge is 0.343 e. The largest absolute Gasteiger partial charge is 0.423 e. The molecular formula is C25H23N3O4. The van der Waals surface area contributed by atoms with E-state index in [0.29, 0.717) is 28.3 Å². The van der Waals surface area contributed by atoms with Crippen LogP contribution in [-0.4, -0.2) is 23.5 Å². The molecule has 2 amide bonds. The van der Waals surface area contributed by atoms with Crippen LogP contribution in [0.3, 0.4) is 0 Å². The number of hydrazone groups is 1. The van der Waals surface area contributed by atoms with E-state index in [2.05, 4.69) is 15.8 Å². The molecule has 0 aliphatic rings. The van der Waals surface area contributed by atoms with Gasteiger partial charge in [0.2, 0.25) is 0 Å². The van der Waals surface area contributed by atoms with Crippen LogP contribution >= 0.6 is 0 Å². The van der Waals surface area contributed by atoms with E-state index >= 15 is 0 Å². The van der Waals surface area contributed by atoms with Crippen LogP contribution < -0.4 is 15.5 Å². The molecule has 0 spiro atoms. The highest BCUT2D eigenvalue weighted by Crippen LogP contribution is 2.15. The molecule has 0 atom stereocenters. The Labute approximate surface area is 186 Å². The van der Waals surface area contributed by atoms with Crippen molar-refractivity contribution in [3.8, 4) is 5.75 Å². The van der Waals surface area contributed by atoms with Crippen molar-refractivity contribution in [3.63, 3.8) is 0 Å². The van der Waals surface area contributed by atoms with Gasteiger partial charge in [-0.05, 0) is 86.0 Å². The van der Waals surface area contributed by atoms with Crippen molar-refractivity contribution in [2.24, 2.45) is 5.10 Å². The van der Waals surface area contributed by atoms with Gasteiger partial charge in [-0.1, -0.05) is 24.3 Å². The van der Waals surface area contributed by atoms with E-state index < -0.39 is 17.8 Å². The van der Waals surface area contributed by atoms with Gasteiger partial charge in [0.1, 0.15) is 5.75 Å². The third kappa shape index (κ3) is 5.89. The maximum Gasteiger partial charge on any atom is 0.343 e. The number of esters is 1. The Morgan fingerprint density at radius 1 is 0.781 bits per heavy atom. The number of aryl methyl sites for hydroxylation is 2. The lowest BCUT2D eigenvalue weighted by Gasteiger charge is -2.08. The molecule has 0 saturated heterocycles. The second-order valence-corrected chi connectivity index (χ2v) is 7.17. The zero-order valence-electron chi connectivity index (χ0n) is 18.0. The Bertz CT molecular complexity index is 1170. The van der Waals surface area contributed by atoms with Crippen molar-refractivity contribution in [1.82, 2.24) is 5.43 Å². The van der Waals surface area contributed by atoms with Crippen molar-refractivity contribution in [2.45, 2.75) is 20.8 Å². The summed E-state index contributed by atoms with van der Waals surface area (Å²) in [7, 11) is 0. The maximum absolute atomic E-state index is 12.1. The minimum absolute atomic E-state index is 0.382. The number of carbonyl (C=O) groups is 3. The number of rotatable bonds is 5. The monoisotopic (exact) mass is 429 g/mol. The van der Waals surface area contributed by atoms with Crippen molar-refractivity contribution in [1.29, 1.82) is 0 Å². The molecule has 32 heavy (non-hydrogen) atoms. The molecule has 0 bridgehead atoms. The first-order valence-corrected chi connectivity index (χ1v) is 9.94. The predicted octanol–water partition coefficient (Wildman–Crippen LogP) is 4.00. The lowest BCUT2D eigenvalue weighted by molar-refractivity contribution is -0.136. The van der Waals surface area contributed by atoms with Crippen LogP contribution in [-0.2, 0) is 9.59 Å². The van der Waals surface area contributed by atoms with Crippen LogP contribution in [0.1, 0.15) is 34.0 Å². The first-order valence-electron chi connectivity index (χ1n) is 9.94. The number of benzene rings is 3. The van der Waals surface area contributed by atoms with Crippen LogP contribution in [0.4, 0.5) is 5.69 Å². The van der Waals surface area contributed by atoms with Gasteiger partial charge in [0, 0.05) is 5.69 Å². The number of ether oxygens (including phenoxy) is 1. The molecule has 2 N–H and O–H groups in total. The zero-order chi connectivity index (χ0) is 23.1. The first-order chi connectivity index (χ1) is 15.3. The quantitative estimate of drug-likeness (QED) is 0.211. The van der Waals surface area contributed by atoms with Crippen LogP contribution in [0.15, 0.2) is 77.9 Å². The number of hydrogen-bond donors (Lipinski definition) is 2. The summed E-state index contributed by atoms with van der Waals surface area (Å²) in [4.78, 5) is 36.2. The van der Waals surface area contributed by atoms with Crippen LogP contribution in [0, 0.1) is 13.8 Å². The Hall–Kier alpha value is -4.26. The summed E-state index contributed by atoms with van der Waals surface area (Å²) in [6, 6.07) is 20.7. The fraction of sp³-hybridized carbons (Fsp3) is 0.120. The van der Waals surface area contributed by atoms with E-state index in [1.54, 1.807) is 67.6 Å². The molecule has 7 nitrogen and oxygen atoms in total. The minimum Gasteiger partial charge on any atom is -0.423 e. The minimum atomic E-state index is -0.879. The first kappa shape index (κ1) is 22.4. The molecule has 162 valence electrons. The molecule has 0 aliphatic carbocycles. The standard InChI is InChI=1S/C25H23N3O4/c1-16-9-12-21(15-17(16)2)26-23(29)24(30)28-27-18(3)19-10-13-22(14-11-19)32-25(31)20-7-5-4-6-8-20/h4-15H,1-3H3,(H,26,29)(H,28,30)/b27-18+. The van der Waals surface area contributed by atoms with E-state index in [9.17, 15) is 14.4 Å². The van der Waals surface area contributed by atoms with Crippen molar-refractivity contribution < 1.29 is 19.1 Å². The lowest BCUT2D eigenvalue weighted by Crippen LogP contribution is -2.33. The van der Waals surface area contributed by atoms with Gasteiger partial charge in [-0.2, -0.15) is 5.10 Å². The van der Waals surface area contributed by atoms with E-state index in [-0.39, 0.29) is 0 Å². The van der Waals surface area contributed by atoms with Gasteiger partial charge in [-0.3, -0.25) is 9.59 Å². The highest BCUT2D eigenvalue weighted by Gasteiger charge is 2.14. The van der Waals surface area contributed by atoms with Crippen molar-refractivity contribution in [2.75, 3.05) is 5.32 Å². The van der Waals surface area contributed by atoms with Gasteiger partial charge >= 0.3 is 17.8 Å². The van der Waals surface area contributed by atoms with E-state index in [4.69, 9.17) is 4.74 Å². The molecule has 0 fully saturated rings. The molecule has 0 aliphatic heterocycles. The number of hydrogen-bond acceptors (Lipinski definition) is 5. The van der Waals surface area contributed by atoms with Gasteiger partial charge in [-0.15, -0.1) is 0 Å². The van der Waals surface area contributed by atoms with Crippen LogP contribution in [0.2, 0.25) is 0 Å². The molecular weight excluding hydrogens is 406 g/mol. The van der Waals surface area contributed by atoms with Gasteiger partial charge in [-0.25, -0.2) is 10.2 Å². The normalized spacial score (nSPS) is 10.9. The second-order valence-electron chi connectivity index (χ2n) is 7.17. The Morgan fingerprint density at radius 2 is 1.47 bits per heavy atom. The van der Waals surface area contributed by atoms with E-state index in [1.165, 1.54) is 0 Å². The fourth-order valence-electron chi connectivity index (χ4n) is 2.76. The van der Waals surface area contributed by atoms with Crippen LogP contribution in [0.25, 0.3) is 0 Å². The average Bonchev–Trinajstić information content (AvgIpc) is 2.80. The highest BCUT2D eigenvalue weighted by atomic mass is 16.5. The average molecular weight is 429 g/mol. The third-order valence-corrected chi connectivity index (χ3v) is 4.79. The lowest BCUT2D eigenvalue weighted by atomic mass is 10.1. The van der Waals surface area contributed by atoms with Gasteiger partial charge in [0.25, 0.3) is 0 Å². The van der Waals surface area contributed by atoms with Crippen molar-refractivity contribution in [3.05, 3.63) is 95.1 Å². The summed E-state index contributed by atoms with van der Waals surface area (Å²) in [5.41, 5.74) is 6.52. The number of nitrogens with one attached hydrogen (secondary N) is 2. The Morgan fingerprint density at radius 3 is 2.12 bits per heavy atom. The SMILES string of the molecule is C/C(=N\NC(=O)C(=O)Nc1ccc(C)c(C)c1)c1ccc(OC(=O)c2ccccc2)cc1. The molecule has 0 saturated carbocycles. The molecule has 0 aromatic heterocycles. The summed E-state index contributed by atoms with van der Waals surface area (Å²) in [5.74, 6) is -1.76. The third-order valence-electron chi connectivity index (χ3n) is 4.79. The molecule has 3 aromatic rings. The molecule has 7 heteroatoms. The highest BCUT2D eigenvalue weighted by molar-refractivity contribution is 6.39. The number of anilines is 1. The number of nitrogens with zero attached hydrogens (tertiary/aromatic N) is 1. The van der Waals surface area contributed by atoms with Gasteiger partial charge in [0.15, 0.2) is 0 Å². The number of carbonyl (C=O) groups excluding carboxylic acids is 3. The summed E-state index contributed by atoms with van der Waals surface area (Å²) >= 11 is 0. The maximum atomic E-state index is 12.1. The summed E-state index contributed by atoms with van der Waals surface area (Å²) < 4.78 is 5.34. The number of amides is 2.